The van der Waals surface area contributed by atoms with E-state index in [4.69, 9.17) is 11.5 Å². The number of rotatable bonds is 3. The number of aromatic nitrogens is 3. The van der Waals surface area contributed by atoms with Crippen molar-refractivity contribution in [2.24, 2.45) is 5.73 Å². The van der Waals surface area contributed by atoms with Crippen LogP contribution in [0.15, 0.2) is 48.7 Å². The zero-order valence-electron chi connectivity index (χ0n) is 11.5. The molecule has 0 radical (unpaired) electrons. The number of halogens is 1. The predicted molar refractivity (Wildman–Crippen MR) is 87.4 cm³/mol. The van der Waals surface area contributed by atoms with Gasteiger partial charge in [0.25, 0.3) is 5.91 Å². The van der Waals surface area contributed by atoms with Crippen molar-refractivity contribution in [3.05, 3.63) is 54.2 Å². The molecule has 112 valence electrons. The quantitative estimate of drug-likeness (QED) is 0.688. The number of benzene rings is 1. The minimum Gasteiger partial charge on any atom is -0.368 e. The zero-order valence-corrected chi connectivity index (χ0v) is 12.3. The number of hydrogen-bond acceptors (Lipinski definition) is 4. The summed E-state index contributed by atoms with van der Waals surface area (Å²) in [5, 5.41) is 0. The first kappa shape index (κ1) is 15.5. The third-order valence-electron chi connectivity index (χ3n) is 3.10. The van der Waals surface area contributed by atoms with Gasteiger partial charge in [0.05, 0.1) is 22.6 Å². The van der Waals surface area contributed by atoms with Gasteiger partial charge >= 0.3 is 0 Å². The molecule has 22 heavy (non-hydrogen) atoms. The van der Waals surface area contributed by atoms with Gasteiger partial charge in [-0.25, -0.2) is 9.97 Å². The van der Waals surface area contributed by atoms with Crippen molar-refractivity contribution in [1.29, 1.82) is 0 Å². The fourth-order valence-electron chi connectivity index (χ4n) is 2.14. The molecule has 6 nitrogen and oxygen atoms in total. The summed E-state index contributed by atoms with van der Waals surface area (Å²) in [5.41, 5.74) is 14.3. The van der Waals surface area contributed by atoms with Crippen molar-refractivity contribution >= 4 is 24.3 Å². The summed E-state index contributed by atoms with van der Waals surface area (Å²) >= 11 is 0. The van der Waals surface area contributed by atoms with E-state index in [1.807, 2.05) is 30.3 Å². The highest BCUT2D eigenvalue weighted by Crippen LogP contribution is 2.27. The lowest BCUT2D eigenvalue weighted by molar-refractivity contribution is 0.100. The highest BCUT2D eigenvalue weighted by Gasteiger charge is 2.16. The summed E-state index contributed by atoms with van der Waals surface area (Å²) in [6, 6.07) is 12.9. The Morgan fingerprint density at radius 1 is 1.14 bits per heavy atom. The van der Waals surface area contributed by atoms with Crippen LogP contribution < -0.4 is 11.5 Å². The van der Waals surface area contributed by atoms with Crippen LogP contribution in [0.1, 0.15) is 10.4 Å². The number of aromatic amines is 1. The molecule has 0 spiro atoms. The van der Waals surface area contributed by atoms with Crippen LogP contribution in [-0.2, 0) is 0 Å². The second-order valence-corrected chi connectivity index (χ2v) is 4.50. The van der Waals surface area contributed by atoms with E-state index < -0.39 is 5.91 Å². The van der Waals surface area contributed by atoms with Crippen molar-refractivity contribution in [3.8, 4) is 22.6 Å². The van der Waals surface area contributed by atoms with Crippen LogP contribution in [0.3, 0.4) is 0 Å². The van der Waals surface area contributed by atoms with Gasteiger partial charge in [0.2, 0.25) is 5.95 Å². The highest BCUT2D eigenvalue weighted by atomic mass is 35.5. The molecule has 0 bridgehead atoms. The van der Waals surface area contributed by atoms with E-state index >= 15 is 0 Å². The molecule has 7 heteroatoms. The first-order valence-corrected chi connectivity index (χ1v) is 6.32. The minimum absolute atomic E-state index is 0. The third-order valence-corrected chi connectivity index (χ3v) is 3.10. The van der Waals surface area contributed by atoms with Crippen LogP contribution in [0.2, 0.25) is 0 Å². The van der Waals surface area contributed by atoms with Crippen LogP contribution in [0.25, 0.3) is 22.6 Å². The topological polar surface area (TPSA) is 111 Å². The SMILES string of the molecule is Cl.NC(=O)c1cc(-c2ccnc(N)n2)[nH]c1-c1ccccc1. The van der Waals surface area contributed by atoms with Crippen molar-refractivity contribution in [1.82, 2.24) is 15.0 Å². The molecular weight excluding hydrogens is 302 g/mol. The second kappa shape index (κ2) is 6.28. The summed E-state index contributed by atoms with van der Waals surface area (Å²) in [4.78, 5) is 22.8. The fourth-order valence-corrected chi connectivity index (χ4v) is 2.14. The molecule has 1 amide bonds. The van der Waals surface area contributed by atoms with E-state index in [9.17, 15) is 4.79 Å². The molecule has 2 aromatic heterocycles. The number of nitrogens with two attached hydrogens (primary N) is 2. The molecule has 0 aliphatic rings. The van der Waals surface area contributed by atoms with E-state index in [0.29, 0.717) is 22.6 Å². The van der Waals surface area contributed by atoms with E-state index in [1.165, 1.54) is 0 Å². The third kappa shape index (κ3) is 2.91. The van der Waals surface area contributed by atoms with Crippen LogP contribution in [-0.4, -0.2) is 20.9 Å². The first-order chi connectivity index (χ1) is 10.1. The van der Waals surface area contributed by atoms with Crippen LogP contribution in [0.4, 0.5) is 5.95 Å². The average molecular weight is 316 g/mol. The predicted octanol–water partition coefficient (Wildman–Crippen LogP) is 2.24. The van der Waals surface area contributed by atoms with Crippen molar-refractivity contribution in [2.45, 2.75) is 0 Å². The average Bonchev–Trinajstić information content (AvgIpc) is 2.93. The van der Waals surface area contributed by atoms with Crippen LogP contribution in [0, 0.1) is 0 Å². The molecule has 0 aliphatic carbocycles. The molecule has 0 fully saturated rings. The summed E-state index contributed by atoms with van der Waals surface area (Å²) < 4.78 is 0. The Balaban J connectivity index is 0.00000176. The summed E-state index contributed by atoms with van der Waals surface area (Å²) in [5.74, 6) is -0.331. The molecule has 5 N–H and O–H groups in total. The molecular formula is C15H14ClN5O. The number of hydrogen-bond donors (Lipinski definition) is 3. The van der Waals surface area contributed by atoms with Gasteiger partial charge in [0.1, 0.15) is 0 Å². The lowest BCUT2D eigenvalue weighted by atomic mass is 10.1. The van der Waals surface area contributed by atoms with Gasteiger partial charge in [-0.3, -0.25) is 4.79 Å². The van der Waals surface area contributed by atoms with Crippen molar-refractivity contribution < 1.29 is 4.79 Å². The van der Waals surface area contributed by atoms with Gasteiger partial charge in [0, 0.05) is 6.20 Å². The Morgan fingerprint density at radius 3 is 2.50 bits per heavy atom. The standard InChI is InChI=1S/C15H13N5O.ClH/c16-14(21)10-8-12(11-6-7-18-15(17)20-11)19-13(10)9-4-2-1-3-5-9;/h1-8,19H,(H2,16,21)(H2,17,18,20);1H. The highest BCUT2D eigenvalue weighted by molar-refractivity contribution is 6.00. The second-order valence-electron chi connectivity index (χ2n) is 4.50. The van der Waals surface area contributed by atoms with E-state index in [-0.39, 0.29) is 18.4 Å². The van der Waals surface area contributed by atoms with Crippen molar-refractivity contribution in [3.63, 3.8) is 0 Å². The van der Waals surface area contributed by atoms with E-state index in [0.717, 1.165) is 5.56 Å². The molecule has 0 saturated carbocycles. The molecule has 1 aromatic carbocycles. The number of nitrogens with zero attached hydrogens (tertiary/aromatic N) is 2. The van der Waals surface area contributed by atoms with Gasteiger partial charge in [-0.05, 0) is 17.7 Å². The molecule has 3 rings (SSSR count). The maximum Gasteiger partial charge on any atom is 0.250 e. The van der Waals surface area contributed by atoms with Crippen LogP contribution >= 0.6 is 12.4 Å². The minimum atomic E-state index is -0.501. The molecule has 2 heterocycles. The van der Waals surface area contributed by atoms with Gasteiger partial charge in [-0.1, -0.05) is 30.3 Å². The van der Waals surface area contributed by atoms with E-state index in [2.05, 4.69) is 15.0 Å². The maximum absolute atomic E-state index is 11.7. The Kier molecular flexibility index (Phi) is 4.43. The van der Waals surface area contributed by atoms with Gasteiger partial charge < -0.3 is 16.5 Å². The van der Waals surface area contributed by atoms with Gasteiger partial charge in [-0.2, -0.15) is 0 Å². The summed E-state index contributed by atoms with van der Waals surface area (Å²) in [7, 11) is 0. The largest absolute Gasteiger partial charge is 0.368 e. The Hall–Kier alpha value is -2.86. The first-order valence-electron chi connectivity index (χ1n) is 6.32. The number of primary amides is 1. The van der Waals surface area contributed by atoms with E-state index in [1.54, 1.807) is 18.3 Å². The molecule has 0 saturated heterocycles. The number of carbonyl (C=O) groups excluding carboxylic acids is 1. The number of nitrogen functional groups attached to an aromatic ring is 1. The Bertz CT molecular complexity index is 801. The maximum atomic E-state index is 11.7. The molecule has 0 atom stereocenters. The number of nitrogens with one attached hydrogen (secondary N) is 1. The number of carbonyl (C=O) groups is 1. The molecule has 0 unspecified atom stereocenters. The Labute approximate surface area is 133 Å². The lowest BCUT2D eigenvalue weighted by Gasteiger charge is -2.01. The van der Waals surface area contributed by atoms with Crippen molar-refractivity contribution in [2.75, 3.05) is 5.73 Å². The monoisotopic (exact) mass is 315 g/mol. The fraction of sp³-hybridized carbons (Fsp3) is 0. The molecule has 0 aliphatic heterocycles. The number of anilines is 1. The van der Waals surface area contributed by atoms with Gasteiger partial charge in [0.15, 0.2) is 0 Å². The van der Waals surface area contributed by atoms with Crippen LogP contribution in [0.5, 0.6) is 0 Å². The lowest BCUT2D eigenvalue weighted by Crippen LogP contribution is -2.10. The van der Waals surface area contributed by atoms with Gasteiger partial charge in [-0.15, -0.1) is 12.4 Å². The number of amides is 1. The molecule has 3 aromatic rings. The normalized spacial score (nSPS) is 10.0. The zero-order chi connectivity index (χ0) is 14.8. The number of H-pyrrole nitrogens is 1. The Morgan fingerprint density at radius 2 is 1.86 bits per heavy atom. The summed E-state index contributed by atoms with van der Waals surface area (Å²) in [6.45, 7) is 0. The summed E-state index contributed by atoms with van der Waals surface area (Å²) in [6.07, 6.45) is 1.56. The smallest absolute Gasteiger partial charge is 0.250 e.